The molecule has 76 valence electrons. The highest BCUT2D eigenvalue weighted by Crippen LogP contribution is 2.26. The maximum Gasteiger partial charge on any atom is 0.241 e. The van der Waals surface area contributed by atoms with Crippen molar-refractivity contribution in [2.45, 2.75) is 18.9 Å². The summed E-state index contributed by atoms with van der Waals surface area (Å²) in [5.41, 5.74) is 8.02. The van der Waals surface area contributed by atoms with E-state index in [1.165, 1.54) is 0 Å². The second kappa shape index (κ2) is 3.71. The first-order valence-corrected chi connectivity index (χ1v) is 4.77. The number of benzene rings is 1. The van der Waals surface area contributed by atoms with Crippen LogP contribution in [0.1, 0.15) is 12.0 Å². The van der Waals surface area contributed by atoms with Crippen LogP contribution in [-0.2, 0) is 11.2 Å². The SMILES string of the molecule is [C-]#[N+]c1ccc2c(c1)CC[C@H](N)C(=O)N2. The number of hydrogen-bond acceptors (Lipinski definition) is 2. The first-order chi connectivity index (χ1) is 7.20. The van der Waals surface area contributed by atoms with E-state index in [9.17, 15) is 4.79 Å². The van der Waals surface area contributed by atoms with Crippen molar-refractivity contribution in [3.05, 3.63) is 35.2 Å². The highest BCUT2D eigenvalue weighted by molar-refractivity contribution is 5.96. The Hall–Kier alpha value is -1.86. The molecule has 0 radical (unpaired) electrons. The average molecular weight is 201 g/mol. The molecule has 1 aliphatic heterocycles. The number of aryl methyl sites for hydroxylation is 1. The number of hydrogen-bond donors (Lipinski definition) is 2. The van der Waals surface area contributed by atoms with Gasteiger partial charge in [0.05, 0.1) is 12.6 Å². The first-order valence-electron chi connectivity index (χ1n) is 4.77. The molecule has 0 spiro atoms. The molecule has 1 amide bonds. The van der Waals surface area contributed by atoms with Crippen LogP contribution in [0.25, 0.3) is 4.85 Å². The Balaban J connectivity index is 2.39. The zero-order valence-corrected chi connectivity index (χ0v) is 8.16. The summed E-state index contributed by atoms with van der Waals surface area (Å²) in [4.78, 5) is 14.8. The van der Waals surface area contributed by atoms with E-state index < -0.39 is 6.04 Å². The third-order valence-electron chi connectivity index (χ3n) is 2.54. The Morgan fingerprint density at radius 2 is 2.33 bits per heavy atom. The minimum Gasteiger partial charge on any atom is -0.325 e. The zero-order valence-electron chi connectivity index (χ0n) is 8.16. The minimum atomic E-state index is -0.450. The van der Waals surface area contributed by atoms with Gasteiger partial charge in [0.15, 0.2) is 5.69 Å². The van der Waals surface area contributed by atoms with Crippen LogP contribution < -0.4 is 11.1 Å². The van der Waals surface area contributed by atoms with Gasteiger partial charge in [0.2, 0.25) is 5.91 Å². The molecule has 0 bridgehead atoms. The molecule has 1 aromatic carbocycles. The fraction of sp³-hybridized carbons (Fsp3) is 0.273. The lowest BCUT2D eigenvalue weighted by atomic mass is 10.1. The third kappa shape index (κ3) is 1.83. The summed E-state index contributed by atoms with van der Waals surface area (Å²) < 4.78 is 0. The van der Waals surface area contributed by atoms with Gasteiger partial charge in [0.1, 0.15) is 0 Å². The predicted molar refractivity (Wildman–Crippen MR) is 57.6 cm³/mol. The molecule has 1 atom stereocenters. The second-order valence-electron chi connectivity index (χ2n) is 3.59. The molecule has 1 heterocycles. The molecule has 0 aromatic heterocycles. The topological polar surface area (TPSA) is 59.5 Å². The number of nitrogens with zero attached hydrogens (tertiary/aromatic N) is 1. The Morgan fingerprint density at radius 1 is 1.53 bits per heavy atom. The van der Waals surface area contributed by atoms with Crippen LogP contribution in [0.15, 0.2) is 18.2 Å². The molecule has 0 unspecified atom stereocenters. The molecule has 1 aromatic rings. The summed E-state index contributed by atoms with van der Waals surface area (Å²) in [5, 5.41) is 2.76. The van der Waals surface area contributed by atoms with Crippen molar-refractivity contribution in [1.29, 1.82) is 0 Å². The number of amides is 1. The number of nitrogens with two attached hydrogens (primary N) is 1. The molecule has 0 fully saturated rings. The molecule has 0 saturated heterocycles. The van der Waals surface area contributed by atoms with Gasteiger partial charge in [-0.3, -0.25) is 4.79 Å². The monoisotopic (exact) mass is 201 g/mol. The highest BCUT2D eigenvalue weighted by Gasteiger charge is 2.19. The average Bonchev–Trinajstić information content (AvgIpc) is 2.39. The molecule has 4 nitrogen and oxygen atoms in total. The number of fused-ring (bicyclic) bond motifs is 1. The van der Waals surface area contributed by atoms with Crippen LogP contribution in [0.5, 0.6) is 0 Å². The van der Waals surface area contributed by atoms with E-state index in [2.05, 4.69) is 10.2 Å². The largest absolute Gasteiger partial charge is 0.325 e. The molecule has 0 aliphatic carbocycles. The summed E-state index contributed by atoms with van der Waals surface area (Å²) in [6, 6.07) is 4.82. The third-order valence-corrected chi connectivity index (χ3v) is 2.54. The molecule has 3 N–H and O–H groups in total. The Kier molecular flexibility index (Phi) is 2.40. The van der Waals surface area contributed by atoms with E-state index in [0.717, 1.165) is 17.7 Å². The van der Waals surface area contributed by atoms with Gasteiger partial charge in [-0.15, -0.1) is 0 Å². The molecule has 1 aliphatic rings. The summed E-state index contributed by atoms with van der Waals surface area (Å²) in [5.74, 6) is -0.149. The molecule has 15 heavy (non-hydrogen) atoms. The lowest BCUT2D eigenvalue weighted by Gasteiger charge is -2.07. The van der Waals surface area contributed by atoms with Gasteiger partial charge in [-0.05, 0) is 24.5 Å². The van der Waals surface area contributed by atoms with Gasteiger partial charge in [-0.2, -0.15) is 0 Å². The number of carbonyl (C=O) groups is 1. The van der Waals surface area contributed by atoms with Crippen molar-refractivity contribution in [3.63, 3.8) is 0 Å². The van der Waals surface area contributed by atoms with E-state index in [4.69, 9.17) is 12.3 Å². The smallest absolute Gasteiger partial charge is 0.241 e. The van der Waals surface area contributed by atoms with E-state index in [0.29, 0.717) is 12.1 Å². The summed E-state index contributed by atoms with van der Waals surface area (Å²) in [7, 11) is 0. The first kappa shape index (κ1) is 9.69. The van der Waals surface area contributed by atoms with Crippen molar-refractivity contribution in [2.24, 2.45) is 5.73 Å². The number of nitrogens with one attached hydrogen (secondary N) is 1. The predicted octanol–water partition coefficient (Wildman–Crippen LogP) is 1.45. The summed E-state index contributed by atoms with van der Waals surface area (Å²) in [6.07, 6.45) is 1.36. The van der Waals surface area contributed by atoms with E-state index in [1.807, 2.05) is 0 Å². The van der Waals surface area contributed by atoms with Crippen molar-refractivity contribution in [2.75, 3.05) is 5.32 Å². The Morgan fingerprint density at radius 3 is 3.07 bits per heavy atom. The van der Waals surface area contributed by atoms with Crippen molar-refractivity contribution in [1.82, 2.24) is 0 Å². The van der Waals surface area contributed by atoms with Crippen LogP contribution in [0.2, 0.25) is 0 Å². The van der Waals surface area contributed by atoms with Gasteiger partial charge in [-0.1, -0.05) is 12.1 Å². The Bertz CT molecular complexity index is 448. The van der Waals surface area contributed by atoms with Gasteiger partial charge in [-0.25, -0.2) is 4.85 Å². The van der Waals surface area contributed by atoms with Gasteiger partial charge in [0, 0.05) is 5.69 Å². The van der Waals surface area contributed by atoms with Crippen LogP contribution in [0.3, 0.4) is 0 Å². The number of carbonyl (C=O) groups excluding carboxylic acids is 1. The molecule has 4 heteroatoms. The molecular formula is C11H11N3O. The van der Waals surface area contributed by atoms with Gasteiger partial charge >= 0.3 is 0 Å². The maximum absolute atomic E-state index is 11.4. The number of anilines is 1. The van der Waals surface area contributed by atoms with Crippen LogP contribution in [0.4, 0.5) is 11.4 Å². The number of rotatable bonds is 0. The molecular weight excluding hydrogens is 190 g/mol. The second-order valence-corrected chi connectivity index (χ2v) is 3.59. The fourth-order valence-corrected chi connectivity index (χ4v) is 1.65. The van der Waals surface area contributed by atoms with Crippen molar-refractivity contribution in [3.8, 4) is 0 Å². The van der Waals surface area contributed by atoms with E-state index in [-0.39, 0.29) is 5.91 Å². The van der Waals surface area contributed by atoms with Crippen molar-refractivity contribution >= 4 is 17.3 Å². The summed E-state index contributed by atoms with van der Waals surface area (Å²) >= 11 is 0. The minimum absolute atomic E-state index is 0.149. The maximum atomic E-state index is 11.4. The summed E-state index contributed by atoms with van der Waals surface area (Å²) in [6.45, 7) is 6.91. The molecule has 2 rings (SSSR count). The zero-order chi connectivity index (χ0) is 10.8. The van der Waals surface area contributed by atoms with Crippen LogP contribution in [0, 0.1) is 6.57 Å². The highest BCUT2D eigenvalue weighted by atomic mass is 16.2. The Labute approximate surface area is 87.9 Å². The lowest BCUT2D eigenvalue weighted by Crippen LogP contribution is -2.34. The standard InChI is InChI=1S/C11H11N3O/c1-13-8-3-5-10-7(6-8)2-4-9(12)11(15)14-10/h3,5-6,9H,2,4,12H2,(H,14,15)/t9-/m0/s1. The van der Waals surface area contributed by atoms with E-state index in [1.54, 1.807) is 18.2 Å². The van der Waals surface area contributed by atoms with Crippen LogP contribution >= 0.6 is 0 Å². The van der Waals surface area contributed by atoms with Gasteiger partial charge in [0.25, 0.3) is 0 Å². The lowest BCUT2D eigenvalue weighted by molar-refractivity contribution is -0.117. The fourth-order valence-electron chi connectivity index (χ4n) is 1.65. The molecule has 0 saturated carbocycles. The van der Waals surface area contributed by atoms with Gasteiger partial charge < -0.3 is 11.1 Å². The van der Waals surface area contributed by atoms with Crippen molar-refractivity contribution < 1.29 is 4.79 Å². The van der Waals surface area contributed by atoms with Crippen LogP contribution in [-0.4, -0.2) is 11.9 Å². The normalized spacial score (nSPS) is 19.7. The quantitative estimate of drug-likeness (QED) is 0.624. The van der Waals surface area contributed by atoms with E-state index >= 15 is 0 Å².